The fourth-order valence-corrected chi connectivity index (χ4v) is 5.36. The van der Waals surface area contributed by atoms with Gasteiger partial charge in [-0.25, -0.2) is 8.78 Å². The third kappa shape index (κ3) is 5.36. The van der Waals surface area contributed by atoms with E-state index in [9.17, 15) is 18.4 Å². The van der Waals surface area contributed by atoms with E-state index in [-0.39, 0.29) is 23.4 Å². The molecule has 6 nitrogen and oxygen atoms in total. The summed E-state index contributed by atoms with van der Waals surface area (Å²) in [5, 5.41) is 2.99. The minimum absolute atomic E-state index is 0.00867. The number of pyridine rings is 1. The van der Waals surface area contributed by atoms with E-state index in [1.807, 2.05) is 61.3 Å². The van der Waals surface area contributed by atoms with E-state index in [1.54, 1.807) is 6.20 Å². The van der Waals surface area contributed by atoms with Crippen LogP contribution in [0.15, 0.2) is 72.6 Å². The molecule has 2 aliphatic heterocycles. The number of amides is 2. The first-order valence-electron chi connectivity index (χ1n) is 12.8. The summed E-state index contributed by atoms with van der Waals surface area (Å²) in [6.45, 7) is 6.77. The summed E-state index contributed by atoms with van der Waals surface area (Å²) in [4.78, 5) is 34.5. The Kier molecular flexibility index (Phi) is 7.33. The largest absolute Gasteiger partial charge is 0.345 e. The second kappa shape index (κ2) is 10.8. The Balaban J connectivity index is 1.23. The summed E-state index contributed by atoms with van der Waals surface area (Å²) >= 11 is 0. The van der Waals surface area contributed by atoms with Gasteiger partial charge < -0.3 is 10.2 Å². The van der Waals surface area contributed by atoms with E-state index in [4.69, 9.17) is 0 Å². The molecule has 1 aromatic heterocycles. The van der Waals surface area contributed by atoms with Crippen LogP contribution >= 0.6 is 0 Å². The fraction of sp³-hybridized carbons (Fsp3) is 0.300. The third-order valence-corrected chi connectivity index (χ3v) is 7.39. The standard InChI is InChI=1S/C30H30F2N4O2/c1-19-10-12-33-20(2)28(19)30(38)36-17-23-15-35(16-24(23)18-36)13-11-27(21-6-4-3-5-7-21)34-29(37)22-8-9-25(31)26(32)14-22/h3-10,12,14,17,24,27H,11,13,15-16,18H2,1-2H3,(H,34,37)/t24?,27-/m0/s1. The van der Waals surface area contributed by atoms with Crippen LogP contribution in [0, 0.1) is 31.4 Å². The van der Waals surface area contributed by atoms with Gasteiger partial charge in [0.25, 0.3) is 11.8 Å². The molecule has 0 bridgehead atoms. The molecular weight excluding hydrogens is 486 g/mol. The highest BCUT2D eigenvalue weighted by Crippen LogP contribution is 2.32. The second-order valence-corrected chi connectivity index (χ2v) is 10.0. The monoisotopic (exact) mass is 516 g/mol. The van der Waals surface area contributed by atoms with Gasteiger partial charge in [-0.1, -0.05) is 30.3 Å². The van der Waals surface area contributed by atoms with Gasteiger partial charge in [-0.2, -0.15) is 0 Å². The predicted octanol–water partition coefficient (Wildman–Crippen LogP) is 4.81. The molecule has 2 aliphatic rings. The Morgan fingerprint density at radius 3 is 2.55 bits per heavy atom. The van der Waals surface area contributed by atoms with Crippen molar-refractivity contribution >= 4 is 11.8 Å². The van der Waals surface area contributed by atoms with Crippen LogP contribution in [-0.2, 0) is 0 Å². The van der Waals surface area contributed by atoms with E-state index < -0.39 is 17.5 Å². The van der Waals surface area contributed by atoms with Crippen LogP contribution < -0.4 is 5.32 Å². The van der Waals surface area contributed by atoms with Crippen LogP contribution in [0.1, 0.15) is 50.0 Å². The molecule has 5 rings (SSSR count). The van der Waals surface area contributed by atoms with Crippen molar-refractivity contribution in [2.75, 3.05) is 26.2 Å². The Labute approximate surface area is 221 Å². The molecule has 2 atom stereocenters. The highest BCUT2D eigenvalue weighted by Gasteiger charge is 2.36. The summed E-state index contributed by atoms with van der Waals surface area (Å²) < 4.78 is 27.0. The van der Waals surface area contributed by atoms with Crippen LogP contribution in [0.25, 0.3) is 0 Å². The lowest BCUT2D eigenvalue weighted by atomic mass is 10.0. The molecule has 0 aliphatic carbocycles. The van der Waals surface area contributed by atoms with E-state index in [0.717, 1.165) is 48.6 Å². The zero-order valence-electron chi connectivity index (χ0n) is 21.5. The molecule has 2 aromatic carbocycles. The second-order valence-electron chi connectivity index (χ2n) is 10.0. The molecule has 1 N–H and O–H groups in total. The number of carbonyl (C=O) groups is 2. The number of fused-ring (bicyclic) bond motifs is 1. The minimum atomic E-state index is -1.05. The number of rotatable bonds is 7. The van der Waals surface area contributed by atoms with Crippen molar-refractivity contribution in [3.8, 4) is 0 Å². The molecule has 1 saturated heterocycles. The number of nitrogens with zero attached hydrogens (tertiary/aromatic N) is 3. The van der Waals surface area contributed by atoms with Gasteiger partial charge in [0.2, 0.25) is 0 Å². The smallest absolute Gasteiger partial charge is 0.259 e. The summed E-state index contributed by atoms with van der Waals surface area (Å²) in [6, 6.07) is 14.4. The Bertz CT molecular complexity index is 1370. The number of hydrogen-bond donors (Lipinski definition) is 1. The van der Waals surface area contributed by atoms with Crippen molar-refractivity contribution in [3.63, 3.8) is 0 Å². The molecule has 196 valence electrons. The predicted molar refractivity (Wildman–Crippen MR) is 140 cm³/mol. The molecule has 1 fully saturated rings. The van der Waals surface area contributed by atoms with E-state index in [2.05, 4.69) is 15.2 Å². The molecule has 0 radical (unpaired) electrons. The molecule has 1 unspecified atom stereocenters. The topological polar surface area (TPSA) is 65.5 Å². The first-order valence-corrected chi connectivity index (χ1v) is 12.8. The maximum absolute atomic E-state index is 13.7. The number of carbonyl (C=O) groups excluding carboxylic acids is 2. The number of halogens is 2. The van der Waals surface area contributed by atoms with Gasteiger partial charge in [0.15, 0.2) is 11.6 Å². The molecule has 3 heterocycles. The number of aryl methyl sites for hydroxylation is 2. The SMILES string of the molecule is Cc1ccnc(C)c1C(=O)N1C=C2CN(CC[C@H](NC(=O)c3ccc(F)c(F)c3)c3ccccc3)CC2C1. The van der Waals surface area contributed by atoms with Gasteiger partial charge >= 0.3 is 0 Å². The highest BCUT2D eigenvalue weighted by atomic mass is 19.2. The van der Waals surface area contributed by atoms with Gasteiger partial charge in [0.05, 0.1) is 17.3 Å². The molecule has 38 heavy (non-hydrogen) atoms. The van der Waals surface area contributed by atoms with Gasteiger partial charge in [0, 0.05) is 50.1 Å². The molecular formula is C30H30F2N4O2. The number of aromatic nitrogens is 1. The van der Waals surface area contributed by atoms with Crippen molar-refractivity contribution in [3.05, 3.63) is 112 Å². The summed E-state index contributed by atoms with van der Waals surface area (Å²) in [5.74, 6) is -2.21. The Morgan fingerprint density at radius 2 is 1.84 bits per heavy atom. The van der Waals surface area contributed by atoms with E-state index in [0.29, 0.717) is 18.5 Å². The number of hydrogen-bond acceptors (Lipinski definition) is 4. The lowest BCUT2D eigenvalue weighted by molar-refractivity contribution is 0.0818. The van der Waals surface area contributed by atoms with Crippen LogP contribution in [0.5, 0.6) is 0 Å². The van der Waals surface area contributed by atoms with E-state index >= 15 is 0 Å². The average molecular weight is 517 g/mol. The maximum atomic E-state index is 13.7. The Morgan fingerprint density at radius 1 is 1.05 bits per heavy atom. The van der Waals surface area contributed by atoms with Crippen molar-refractivity contribution in [1.82, 2.24) is 20.1 Å². The molecule has 3 aromatic rings. The summed E-state index contributed by atoms with van der Waals surface area (Å²) in [5.41, 5.74) is 4.60. The average Bonchev–Trinajstić information content (AvgIpc) is 3.47. The van der Waals surface area contributed by atoms with Crippen molar-refractivity contribution in [1.29, 1.82) is 0 Å². The summed E-state index contributed by atoms with van der Waals surface area (Å²) in [7, 11) is 0. The highest BCUT2D eigenvalue weighted by molar-refractivity contribution is 5.97. The number of nitrogens with one attached hydrogen (secondary N) is 1. The lowest BCUT2D eigenvalue weighted by Gasteiger charge is -2.24. The number of likely N-dealkylation sites (tertiary alicyclic amines) is 1. The summed E-state index contributed by atoms with van der Waals surface area (Å²) in [6.07, 6.45) is 4.36. The fourth-order valence-electron chi connectivity index (χ4n) is 5.36. The Hall–Kier alpha value is -3.91. The zero-order valence-corrected chi connectivity index (χ0v) is 21.5. The third-order valence-electron chi connectivity index (χ3n) is 7.39. The molecule has 2 amide bonds. The van der Waals surface area contributed by atoms with Gasteiger partial charge in [-0.15, -0.1) is 0 Å². The van der Waals surface area contributed by atoms with Gasteiger partial charge in [0.1, 0.15) is 0 Å². The minimum Gasteiger partial charge on any atom is -0.345 e. The maximum Gasteiger partial charge on any atom is 0.259 e. The zero-order chi connectivity index (χ0) is 26.8. The van der Waals surface area contributed by atoms with Crippen LogP contribution in [0.2, 0.25) is 0 Å². The van der Waals surface area contributed by atoms with E-state index in [1.165, 1.54) is 11.6 Å². The first kappa shape index (κ1) is 25.7. The molecule has 8 heteroatoms. The molecule has 0 saturated carbocycles. The molecule has 0 spiro atoms. The van der Waals surface area contributed by atoms with Gasteiger partial charge in [-0.05, 0) is 61.2 Å². The van der Waals surface area contributed by atoms with Gasteiger partial charge in [-0.3, -0.25) is 19.5 Å². The quantitative estimate of drug-likeness (QED) is 0.490. The van der Waals surface area contributed by atoms with Crippen LogP contribution in [0.3, 0.4) is 0 Å². The van der Waals surface area contributed by atoms with Crippen molar-refractivity contribution < 1.29 is 18.4 Å². The number of benzene rings is 2. The first-order chi connectivity index (χ1) is 18.3. The normalized spacial score (nSPS) is 17.7. The van der Waals surface area contributed by atoms with Crippen molar-refractivity contribution in [2.24, 2.45) is 5.92 Å². The van der Waals surface area contributed by atoms with Crippen LogP contribution in [-0.4, -0.2) is 52.8 Å². The van der Waals surface area contributed by atoms with Crippen LogP contribution in [0.4, 0.5) is 8.78 Å². The van der Waals surface area contributed by atoms with Crippen molar-refractivity contribution in [2.45, 2.75) is 26.3 Å². The lowest BCUT2D eigenvalue weighted by Crippen LogP contribution is -2.34.